The molecule has 11 heteroatoms. The number of nitrogens with one attached hydrogen (secondary N) is 1. The molecule has 9 nitrogen and oxygen atoms in total. The number of allylic oxidation sites excluding steroid dienone is 3. The molecule has 5 heterocycles. The average Bonchev–Trinajstić information content (AvgIpc) is 3.54. The molecule has 4 aliphatic rings. The average molecular weight is 562 g/mol. The Balaban J connectivity index is 1.20. The third kappa shape index (κ3) is 6.42. The third-order valence-electron chi connectivity index (χ3n) is 8.49. The van der Waals surface area contributed by atoms with Crippen LogP contribution in [0.1, 0.15) is 44.9 Å². The number of piperidine rings is 2. The molecule has 38 heavy (non-hydrogen) atoms. The molecule has 0 amide bonds. The second kappa shape index (κ2) is 12.0. The summed E-state index contributed by atoms with van der Waals surface area (Å²) in [7, 11) is 0. The number of nitrogen functional groups attached to an aromatic ring is 1. The van der Waals surface area contributed by atoms with Gasteiger partial charge >= 0.3 is 0 Å². The van der Waals surface area contributed by atoms with Crippen LogP contribution >= 0.6 is 23.4 Å². The molecule has 1 aromatic heterocycles. The Bertz CT molecular complexity index is 1070. The maximum Gasteiger partial charge on any atom is 0.158 e. The Hall–Kier alpha value is -1.98. The van der Waals surface area contributed by atoms with Crippen LogP contribution in [0.3, 0.4) is 0 Å². The molecule has 5 rings (SSSR count). The van der Waals surface area contributed by atoms with Crippen LogP contribution in [0.4, 0.5) is 11.6 Å². The van der Waals surface area contributed by atoms with Gasteiger partial charge in [0.15, 0.2) is 5.82 Å². The van der Waals surface area contributed by atoms with Crippen molar-refractivity contribution < 1.29 is 9.47 Å². The van der Waals surface area contributed by atoms with Crippen molar-refractivity contribution >= 4 is 35.0 Å². The van der Waals surface area contributed by atoms with Gasteiger partial charge in [0.25, 0.3) is 0 Å². The predicted molar refractivity (Wildman–Crippen MR) is 154 cm³/mol. The van der Waals surface area contributed by atoms with Gasteiger partial charge in [0.2, 0.25) is 0 Å². The van der Waals surface area contributed by atoms with Crippen molar-refractivity contribution in [2.45, 2.75) is 56.1 Å². The summed E-state index contributed by atoms with van der Waals surface area (Å²) in [4.78, 5) is 12.2. The minimum absolute atomic E-state index is 0.0482. The van der Waals surface area contributed by atoms with E-state index in [1.54, 1.807) is 6.20 Å². The molecule has 208 valence electrons. The zero-order valence-corrected chi connectivity index (χ0v) is 23.5. The highest BCUT2D eigenvalue weighted by Gasteiger charge is 2.40. The Morgan fingerprint density at radius 3 is 2.63 bits per heavy atom. The van der Waals surface area contributed by atoms with Gasteiger partial charge in [-0.1, -0.05) is 35.5 Å². The Labute approximate surface area is 234 Å². The van der Waals surface area contributed by atoms with E-state index >= 15 is 0 Å². The van der Waals surface area contributed by atoms with Gasteiger partial charge in [0, 0.05) is 24.6 Å². The van der Waals surface area contributed by atoms with Crippen molar-refractivity contribution in [3.05, 3.63) is 40.2 Å². The second-order valence-corrected chi connectivity index (χ2v) is 12.6. The van der Waals surface area contributed by atoms with E-state index in [1.165, 1.54) is 24.6 Å². The maximum absolute atomic E-state index is 6.47. The van der Waals surface area contributed by atoms with E-state index in [9.17, 15) is 0 Å². The monoisotopic (exact) mass is 561 g/mol. The minimum atomic E-state index is 0.0482. The lowest BCUT2D eigenvalue weighted by molar-refractivity contribution is 0.0880. The lowest BCUT2D eigenvalue weighted by Gasteiger charge is -2.38. The number of hydrogen-bond acceptors (Lipinski definition) is 10. The molecule has 0 aromatic carbocycles. The number of halogens is 1. The summed E-state index contributed by atoms with van der Waals surface area (Å²) in [6, 6.07) is 0. The number of ether oxygens (including phenoxy) is 2. The smallest absolute Gasteiger partial charge is 0.158 e. The maximum atomic E-state index is 6.47. The molecular formula is C27H40ClN7O2S. The highest BCUT2D eigenvalue weighted by molar-refractivity contribution is 8.03. The van der Waals surface area contributed by atoms with Gasteiger partial charge in [0.05, 0.1) is 30.5 Å². The van der Waals surface area contributed by atoms with E-state index < -0.39 is 0 Å². The summed E-state index contributed by atoms with van der Waals surface area (Å²) in [6.45, 7) is 6.65. The second-order valence-electron chi connectivity index (χ2n) is 11.2. The van der Waals surface area contributed by atoms with Crippen LogP contribution in [-0.4, -0.2) is 62.1 Å². The van der Waals surface area contributed by atoms with Crippen molar-refractivity contribution in [1.82, 2.24) is 15.3 Å². The zero-order chi connectivity index (χ0) is 26.6. The van der Waals surface area contributed by atoms with Gasteiger partial charge in [0.1, 0.15) is 16.7 Å². The molecule has 2 spiro atoms. The first-order valence-corrected chi connectivity index (χ1v) is 14.8. The van der Waals surface area contributed by atoms with E-state index in [0.29, 0.717) is 26.6 Å². The number of nitrogens with zero attached hydrogens (tertiary/aromatic N) is 3. The first kappa shape index (κ1) is 27.6. The molecule has 4 fully saturated rings. The fourth-order valence-corrected chi connectivity index (χ4v) is 7.00. The van der Waals surface area contributed by atoms with Gasteiger partial charge < -0.3 is 36.9 Å². The van der Waals surface area contributed by atoms with Crippen molar-refractivity contribution in [2.75, 3.05) is 56.6 Å². The van der Waals surface area contributed by atoms with Crippen LogP contribution in [0.25, 0.3) is 0 Å². The van der Waals surface area contributed by atoms with Crippen LogP contribution in [-0.2, 0) is 9.47 Å². The molecule has 0 saturated carbocycles. The molecule has 7 N–H and O–H groups in total. The molecule has 0 bridgehead atoms. The Morgan fingerprint density at radius 2 is 1.95 bits per heavy atom. The highest BCUT2D eigenvalue weighted by atomic mass is 35.5. The molecule has 4 saturated heterocycles. The van der Waals surface area contributed by atoms with Crippen molar-refractivity contribution in [1.29, 1.82) is 0 Å². The van der Waals surface area contributed by atoms with Crippen LogP contribution in [0.15, 0.2) is 45.2 Å². The SMILES string of the molecule is NC(N)=C(Cl)/C(=C\C=C\C[C@H]1CC2(CCNCC2)CO1)Sc1ncc(N2CCC3(CCOC3)CC2)nc1N. The zero-order valence-electron chi connectivity index (χ0n) is 22.0. The number of hydrogen-bond donors (Lipinski definition) is 4. The number of rotatable bonds is 7. The number of anilines is 2. The van der Waals surface area contributed by atoms with Crippen molar-refractivity contribution in [3.63, 3.8) is 0 Å². The summed E-state index contributed by atoms with van der Waals surface area (Å²) in [6.07, 6.45) is 15.7. The fraction of sp³-hybridized carbons (Fsp3) is 0.630. The number of thioether (sulfide) groups is 1. The highest BCUT2D eigenvalue weighted by Crippen LogP contribution is 2.42. The number of aromatic nitrogens is 2. The molecular weight excluding hydrogens is 522 g/mol. The molecule has 0 radical (unpaired) electrons. The topological polar surface area (TPSA) is 138 Å². The summed E-state index contributed by atoms with van der Waals surface area (Å²) in [5, 5.41) is 4.29. The van der Waals surface area contributed by atoms with Gasteiger partial charge in [-0.15, -0.1) is 0 Å². The van der Waals surface area contributed by atoms with Crippen LogP contribution in [0.5, 0.6) is 0 Å². The Morgan fingerprint density at radius 1 is 1.16 bits per heavy atom. The fourth-order valence-electron chi connectivity index (χ4n) is 6.00. The summed E-state index contributed by atoms with van der Waals surface area (Å²) < 4.78 is 11.8. The normalized spacial score (nSPS) is 25.0. The quantitative estimate of drug-likeness (QED) is 0.289. The molecule has 1 atom stereocenters. The van der Waals surface area contributed by atoms with E-state index in [2.05, 4.69) is 26.3 Å². The summed E-state index contributed by atoms with van der Waals surface area (Å²) >= 11 is 7.78. The van der Waals surface area contributed by atoms with E-state index in [0.717, 1.165) is 83.9 Å². The van der Waals surface area contributed by atoms with Gasteiger partial charge in [-0.25, -0.2) is 9.97 Å². The van der Waals surface area contributed by atoms with Gasteiger partial charge in [-0.3, -0.25) is 0 Å². The molecule has 1 aromatic rings. The van der Waals surface area contributed by atoms with E-state index in [4.69, 9.17) is 38.3 Å². The molecule has 0 unspecified atom stereocenters. The van der Waals surface area contributed by atoms with Crippen LogP contribution in [0, 0.1) is 10.8 Å². The summed E-state index contributed by atoms with van der Waals surface area (Å²) in [5.74, 6) is 1.21. The lowest BCUT2D eigenvalue weighted by atomic mass is 9.77. The largest absolute Gasteiger partial charge is 0.384 e. The predicted octanol–water partition coefficient (Wildman–Crippen LogP) is 3.47. The van der Waals surface area contributed by atoms with Gasteiger partial charge in [-0.2, -0.15) is 0 Å². The van der Waals surface area contributed by atoms with Gasteiger partial charge in [-0.05, 0) is 74.9 Å². The Kier molecular flexibility index (Phi) is 8.74. The first-order chi connectivity index (χ1) is 18.4. The van der Waals surface area contributed by atoms with Crippen molar-refractivity contribution in [2.24, 2.45) is 22.3 Å². The standard InChI is InChI=1S/C27H40ClN7O2S/c28-22(23(29)30)20(4-2-1-3-19-15-27(18-37-19)5-10-32-11-6-27)38-25-24(31)34-21(16-33-25)35-12-7-26(8-13-35)9-14-36-17-26/h1-2,4,16,19,32H,3,5-15,17-18,29-30H2,(H2,31,34)/b2-1+,20-4+/t19-/m0/s1. The first-order valence-electron chi connectivity index (χ1n) is 13.6. The minimum Gasteiger partial charge on any atom is -0.384 e. The number of nitrogens with two attached hydrogens (primary N) is 3. The molecule has 4 aliphatic heterocycles. The van der Waals surface area contributed by atoms with Crippen LogP contribution in [0.2, 0.25) is 0 Å². The lowest BCUT2D eigenvalue weighted by Crippen LogP contribution is -2.41. The van der Waals surface area contributed by atoms with Crippen LogP contribution < -0.4 is 27.4 Å². The third-order valence-corrected chi connectivity index (χ3v) is 10.1. The summed E-state index contributed by atoms with van der Waals surface area (Å²) in [5.41, 5.74) is 18.7. The van der Waals surface area contributed by atoms with E-state index in [1.807, 2.05) is 12.2 Å². The van der Waals surface area contributed by atoms with E-state index in [-0.39, 0.29) is 17.0 Å². The van der Waals surface area contributed by atoms with Crippen molar-refractivity contribution in [3.8, 4) is 0 Å². The molecule has 0 aliphatic carbocycles.